The lowest BCUT2D eigenvalue weighted by Gasteiger charge is -2.33. The average Bonchev–Trinajstić information content (AvgIpc) is 3.04. The lowest BCUT2D eigenvalue weighted by molar-refractivity contribution is -0.000316. The third-order valence-electron chi connectivity index (χ3n) is 7.84. The molecule has 0 bridgehead atoms. The Labute approximate surface area is 301 Å². The third-order valence-corrected chi connectivity index (χ3v) is 7.84. The van der Waals surface area contributed by atoms with E-state index in [4.69, 9.17) is 14.2 Å². The number of hydrogen-bond acceptors (Lipinski definition) is 8. The van der Waals surface area contributed by atoms with Crippen molar-refractivity contribution in [3.05, 3.63) is 95.3 Å². The number of piperidine rings is 1. The number of carbonyl (C=O) groups excluding carboxylic acids is 4. The molecule has 1 aliphatic heterocycles. The molecule has 11 heteroatoms. The molecule has 0 N–H and O–H groups in total. The second-order valence-electron chi connectivity index (χ2n) is 15.8. The Morgan fingerprint density at radius 1 is 0.706 bits per heavy atom. The highest BCUT2D eigenvalue weighted by Gasteiger charge is 2.32. The molecule has 0 atom stereocenters. The molecule has 0 spiro atoms. The first-order valence-electron chi connectivity index (χ1n) is 17.4. The summed E-state index contributed by atoms with van der Waals surface area (Å²) in [6.07, 6.45) is 1.07. The zero-order valence-electron chi connectivity index (χ0n) is 31.4. The number of carbonyl (C=O) groups is 4. The molecule has 1 fully saturated rings. The number of imide groups is 1. The van der Waals surface area contributed by atoms with Gasteiger partial charge in [0, 0.05) is 30.5 Å². The molecular weight excluding hydrogens is 648 g/mol. The Balaban J connectivity index is 1.46. The van der Waals surface area contributed by atoms with Crippen molar-refractivity contribution in [2.75, 3.05) is 18.0 Å². The second kappa shape index (κ2) is 16.0. The van der Waals surface area contributed by atoms with Crippen LogP contribution in [-0.4, -0.2) is 68.9 Å². The standard InChI is InChI=1S/C40H52N4O7/c1-38(2,3)49-35(46)43(27-32-17-10-11-21-41-32)33-18-13-16-31(25-33)34(45)42-22-19-29(20-23-42)30-15-12-14-28(24-30)26-44(36(47)50-39(4,5)6)37(48)51-40(7,8)9/h10-18,21,24-25,29H,19-20,22-23,26-27H2,1-9H3. The van der Waals surface area contributed by atoms with Gasteiger partial charge in [0.2, 0.25) is 0 Å². The van der Waals surface area contributed by atoms with Gasteiger partial charge in [-0.05, 0) is 123 Å². The van der Waals surface area contributed by atoms with E-state index in [1.165, 1.54) is 4.90 Å². The fourth-order valence-electron chi connectivity index (χ4n) is 5.60. The topological polar surface area (TPSA) is 119 Å². The largest absolute Gasteiger partial charge is 0.443 e. The van der Waals surface area contributed by atoms with Gasteiger partial charge in [-0.15, -0.1) is 0 Å². The van der Waals surface area contributed by atoms with E-state index in [0.717, 1.165) is 28.9 Å². The van der Waals surface area contributed by atoms with E-state index < -0.39 is 35.1 Å². The Morgan fingerprint density at radius 2 is 1.29 bits per heavy atom. The summed E-state index contributed by atoms with van der Waals surface area (Å²) in [5.41, 5.74) is 1.26. The number of pyridine rings is 1. The Hall–Kier alpha value is -4.93. The predicted molar refractivity (Wildman–Crippen MR) is 195 cm³/mol. The van der Waals surface area contributed by atoms with E-state index in [0.29, 0.717) is 30.0 Å². The molecule has 11 nitrogen and oxygen atoms in total. The van der Waals surface area contributed by atoms with Gasteiger partial charge in [-0.25, -0.2) is 19.3 Å². The molecule has 2 heterocycles. The highest BCUT2D eigenvalue weighted by molar-refractivity contribution is 5.97. The average molecular weight is 701 g/mol. The maximum Gasteiger partial charge on any atom is 0.420 e. The molecule has 2 aromatic carbocycles. The van der Waals surface area contributed by atoms with E-state index in [1.807, 2.05) is 68.1 Å². The lowest BCUT2D eigenvalue weighted by atomic mass is 9.88. The van der Waals surface area contributed by atoms with Gasteiger partial charge < -0.3 is 19.1 Å². The normalized spacial score (nSPS) is 14.0. The van der Waals surface area contributed by atoms with Crippen LogP contribution in [0.5, 0.6) is 0 Å². The lowest BCUT2D eigenvalue weighted by Crippen LogP contribution is -2.43. The van der Waals surface area contributed by atoms with Gasteiger partial charge in [-0.2, -0.15) is 0 Å². The maximum atomic E-state index is 13.8. The second-order valence-corrected chi connectivity index (χ2v) is 15.8. The first-order valence-corrected chi connectivity index (χ1v) is 17.4. The number of rotatable bonds is 7. The minimum absolute atomic E-state index is 0.00795. The van der Waals surface area contributed by atoms with Gasteiger partial charge >= 0.3 is 18.3 Å². The van der Waals surface area contributed by atoms with Crippen molar-refractivity contribution in [2.45, 2.75) is 111 Å². The third kappa shape index (κ3) is 11.8. The molecule has 4 rings (SSSR count). The summed E-state index contributed by atoms with van der Waals surface area (Å²) in [6, 6.07) is 20.4. The SMILES string of the molecule is CC(C)(C)OC(=O)N(Cc1cccc(C2CCN(C(=O)c3cccc(N(Cc4ccccn4)C(=O)OC(C)(C)C)c3)CC2)c1)C(=O)OC(C)(C)C. The van der Waals surface area contributed by atoms with Crippen molar-refractivity contribution in [1.82, 2.24) is 14.8 Å². The van der Waals surface area contributed by atoms with Crippen LogP contribution < -0.4 is 4.90 Å². The number of amides is 4. The molecule has 0 saturated carbocycles. The number of hydrogen-bond donors (Lipinski definition) is 0. The minimum atomic E-state index is -0.789. The molecule has 1 aromatic heterocycles. The van der Waals surface area contributed by atoms with E-state index in [9.17, 15) is 19.2 Å². The zero-order chi connectivity index (χ0) is 37.6. The van der Waals surface area contributed by atoms with E-state index in [2.05, 4.69) is 4.98 Å². The minimum Gasteiger partial charge on any atom is -0.443 e. The number of anilines is 1. The number of nitrogens with zero attached hydrogens (tertiary/aromatic N) is 4. The molecule has 4 amide bonds. The van der Waals surface area contributed by atoms with Crippen molar-refractivity contribution >= 4 is 29.9 Å². The monoisotopic (exact) mass is 700 g/mol. The summed E-state index contributed by atoms with van der Waals surface area (Å²) >= 11 is 0. The van der Waals surface area contributed by atoms with Crippen LogP contribution in [0.2, 0.25) is 0 Å². The van der Waals surface area contributed by atoms with Gasteiger partial charge in [-0.3, -0.25) is 14.7 Å². The van der Waals surface area contributed by atoms with Crippen molar-refractivity contribution < 1.29 is 33.4 Å². The van der Waals surface area contributed by atoms with Crippen LogP contribution >= 0.6 is 0 Å². The molecule has 1 saturated heterocycles. The fraction of sp³-hybridized carbons (Fsp3) is 0.475. The summed E-state index contributed by atoms with van der Waals surface area (Å²) in [5, 5.41) is 0. The van der Waals surface area contributed by atoms with Crippen molar-refractivity contribution in [3.8, 4) is 0 Å². The molecule has 1 aliphatic rings. The van der Waals surface area contributed by atoms with E-state index in [-0.39, 0.29) is 24.9 Å². The van der Waals surface area contributed by atoms with E-state index >= 15 is 0 Å². The smallest absolute Gasteiger partial charge is 0.420 e. The van der Waals surface area contributed by atoms with Crippen LogP contribution in [0.25, 0.3) is 0 Å². The van der Waals surface area contributed by atoms with Crippen LogP contribution in [0.1, 0.15) is 108 Å². The number of ether oxygens (including phenoxy) is 3. The van der Waals surface area contributed by atoms with E-state index in [1.54, 1.807) is 72.0 Å². The van der Waals surface area contributed by atoms with Crippen LogP contribution in [0, 0.1) is 0 Å². The molecule has 0 unspecified atom stereocenters. The zero-order valence-corrected chi connectivity index (χ0v) is 31.4. The van der Waals surface area contributed by atoms with Gasteiger partial charge in [-0.1, -0.05) is 36.4 Å². The summed E-state index contributed by atoms with van der Waals surface area (Å²) in [6.45, 7) is 17.2. The van der Waals surface area contributed by atoms with Gasteiger partial charge in [0.05, 0.1) is 18.8 Å². The van der Waals surface area contributed by atoms with Crippen LogP contribution in [0.15, 0.2) is 72.9 Å². The number of likely N-dealkylation sites (tertiary alicyclic amines) is 1. The highest BCUT2D eigenvalue weighted by atomic mass is 16.6. The summed E-state index contributed by atoms with van der Waals surface area (Å²) in [7, 11) is 0. The molecule has 3 aromatic rings. The fourth-order valence-corrected chi connectivity index (χ4v) is 5.60. The van der Waals surface area contributed by atoms with Crippen LogP contribution in [0.3, 0.4) is 0 Å². The van der Waals surface area contributed by atoms with Crippen molar-refractivity contribution in [2.24, 2.45) is 0 Å². The van der Waals surface area contributed by atoms with Crippen molar-refractivity contribution in [3.63, 3.8) is 0 Å². The number of benzene rings is 2. The summed E-state index contributed by atoms with van der Waals surface area (Å²) in [5.74, 6) is 0.0641. The Bertz CT molecular complexity index is 1650. The van der Waals surface area contributed by atoms with Crippen molar-refractivity contribution in [1.29, 1.82) is 0 Å². The molecule has 51 heavy (non-hydrogen) atoms. The van der Waals surface area contributed by atoms with Gasteiger partial charge in [0.15, 0.2) is 0 Å². The Kier molecular flexibility index (Phi) is 12.2. The Morgan fingerprint density at radius 3 is 1.86 bits per heavy atom. The van der Waals surface area contributed by atoms with Gasteiger partial charge in [0.25, 0.3) is 5.91 Å². The molecule has 0 aliphatic carbocycles. The summed E-state index contributed by atoms with van der Waals surface area (Å²) < 4.78 is 16.7. The molecule has 274 valence electrons. The summed E-state index contributed by atoms with van der Waals surface area (Å²) in [4.78, 5) is 61.9. The first-order chi connectivity index (χ1) is 23.8. The number of aromatic nitrogens is 1. The molecule has 0 radical (unpaired) electrons. The predicted octanol–water partition coefficient (Wildman–Crippen LogP) is 8.72. The first kappa shape index (κ1) is 38.9. The van der Waals surface area contributed by atoms with Gasteiger partial charge in [0.1, 0.15) is 16.8 Å². The molecular formula is C40H52N4O7. The van der Waals surface area contributed by atoms with Crippen LogP contribution in [0.4, 0.5) is 20.1 Å². The quantitative estimate of drug-likeness (QED) is 0.225. The highest BCUT2D eigenvalue weighted by Crippen LogP contribution is 2.31. The maximum absolute atomic E-state index is 13.8. The van der Waals surface area contributed by atoms with Crippen LogP contribution in [-0.2, 0) is 27.3 Å².